The van der Waals surface area contributed by atoms with Gasteiger partial charge in [-0.2, -0.15) is 0 Å². The van der Waals surface area contributed by atoms with E-state index in [0.29, 0.717) is 6.61 Å². The molecule has 6 nitrogen and oxygen atoms in total. The Bertz CT molecular complexity index is 917. The molecule has 1 N–H and O–H groups in total. The number of hydrogen-bond donors (Lipinski definition) is 1. The minimum Gasteiger partial charge on any atom is -0.434 e. The van der Waals surface area contributed by atoms with Gasteiger partial charge in [-0.15, -0.1) is 0 Å². The van der Waals surface area contributed by atoms with Crippen molar-refractivity contribution in [1.29, 1.82) is 0 Å². The first-order valence-electron chi connectivity index (χ1n) is 8.42. The first-order valence-corrected chi connectivity index (χ1v) is 8.42. The fraction of sp³-hybridized carbons (Fsp3) is 0.368. The Morgan fingerprint density at radius 3 is 2.76 bits per heavy atom. The maximum atomic E-state index is 11.6. The smallest absolute Gasteiger partial charge is 0.434 e. The van der Waals surface area contributed by atoms with E-state index in [2.05, 4.69) is 22.1 Å². The fourth-order valence-corrected chi connectivity index (χ4v) is 2.99. The molecule has 0 bridgehead atoms. The van der Waals surface area contributed by atoms with Crippen LogP contribution in [0.15, 0.2) is 24.4 Å². The van der Waals surface area contributed by atoms with Crippen LogP contribution < -0.4 is 4.74 Å². The van der Waals surface area contributed by atoms with E-state index in [1.165, 1.54) is 0 Å². The van der Waals surface area contributed by atoms with Crippen LogP contribution >= 0.6 is 0 Å². The molecule has 3 aromatic rings. The average Bonchev–Trinajstić information content (AvgIpc) is 2.96. The largest absolute Gasteiger partial charge is 0.515 e. The fourth-order valence-electron chi connectivity index (χ4n) is 2.99. The number of aromatic nitrogens is 2. The van der Waals surface area contributed by atoms with Crippen LogP contribution in [0.1, 0.15) is 38.0 Å². The third-order valence-electron chi connectivity index (χ3n) is 4.19. The summed E-state index contributed by atoms with van der Waals surface area (Å²) in [5, 5.41) is 2.03. The van der Waals surface area contributed by atoms with Crippen LogP contribution in [-0.2, 0) is 9.47 Å². The molecule has 0 aliphatic heterocycles. The van der Waals surface area contributed by atoms with E-state index in [-0.39, 0.29) is 18.6 Å². The van der Waals surface area contributed by atoms with E-state index >= 15 is 0 Å². The molecule has 0 aliphatic carbocycles. The molecule has 0 radical (unpaired) electrons. The number of hydrogen-bond acceptors (Lipinski definition) is 5. The quantitative estimate of drug-likeness (QED) is 0.683. The molecule has 25 heavy (non-hydrogen) atoms. The average molecular weight is 342 g/mol. The predicted octanol–water partition coefficient (Wildman–Crippen LogP) is 4.66. The Morgan fingerprint density at radius 2 is 2.04 bits per heavy atom. The summed E-state index contributed by atoms with van der Waals surface area (Å²) < 4.78 is 15.7. The first-order chi connectivity index (χ1) is 12.0. The number of fused-ring (bicyclic) bond motifs is 3. The SMILES string of the molecule is CCOC(=O)Oc1ncc2[nH]c3ccc(C(C)OCC)cc3c2c1C. The molecule has 0 spiro atoms. The maximum Gasteiger partial charge on any atom is 0.515 e. The molecule has 2 aromatic heterocycles. The number of carbonyl (C=O) groups is 1. The molecule has 3 rings (SSSR count). The van der Waals surface area contributed by atoms with Crippen LogP contribution in [0.2, 0.25) is 0 Å². The molecule has 1 unspecified atom stereocenters. The van der Waals surface area contributed by atoms with Crippen molar-refractivity contribution in [2.75, 3.05) is 13.2 Å². The molecule has 1 aromatic carbocycles. The Balaban J connectivity index is 2.10. The third kappa shape index (κ3) is 3.30. The van der Waals surface area contributed by atoms with Crippen molar-refractivity contribution in [2.24, 2.45) is 0 Å². The summed E-state index contributed by atoms with van der Waals surface area (Å²) in [4.78, 5) is 19.2. The lowest BCUT2D eigenvalue weighted by molar-refractivity contribution is 0.0765. The lowest BCUT2D eigenvalue weighted by atomic mass is 10.0. The van der Waals surface area contributed by atoms with Crippen molar-refractivity contribution in [1.82, 2.24) is 9.97 Å². The molecular formula is C19H22N2O4. The van der Waals surface area contributed by atoms with Gasteiger partial charge in [0, 0.05) is 28.5 Å². The van der Waals surface area contributed by atoms with Gasteiger partial charge in [-0.1, -0.05) is 6.07 Å². The van der Waals surface area contributed by atoms with E-state index in [9.17, 15) is 4.79 Å². The zero-order valence-electron chi connectivity index (χ0n) is 14.9. The molecule has 132 valence electrons. The summed E-state index contributed by atoms with van der Waals surface area (Å²) in [6.07, 6.45) is 0.933. The molecule has 1 atom stereocenters. The zero-order valence-corrected chi connectivity index (χ0v) is 14.9. The zero-order chi connectivity index (χ0) is 18.0. The monoisotopic (exact) mass is 342 g/mol. The minimum atomic E-state index is -0.747. The summed E-state index contributed by atoms with van der Waals surface area (Å²) in [6, 6.07) is 6.19. The van der Waals surface area contributed by atoms with Gasteiger partial charge in [0.25, 0.3) is 0 Å². The van der Waals surface area contributed by atoms with Crippen LogP contribution in [0, 0.1) is 6.92 Å². The van der Waals surface area contributed by atoms with Gasteiger partial charge in [0.2, 0.25) is 5.88 Å². The second kappa shape index (κ2) is 7.11. The van der Waals surface area contributed by atoms with Gasteiger partial charge in [0.15, 0.2) is 0 Å². The van der Waals surface area contributed by atoms with Crippen molar-refractivity contribution in [3.05, 3.63) is 35.5 Å². The van der Waals surface area contributed by atoms with Crippen LogP contribution in [0.5, 0.6) is 5.88 Å². The standard InChI is InChI=1S/C19H22N2O4/c1-5-23-12(4)13-7-8-15-14(9-13)17-11(3)18(20-10-16(17)21-15)25-19(22)24-6-2/h7-10,12,21H,5-6H2,1-4H3. The molecule has 2 heterocycles. The van der Waals surface area contributed by atoms with Crippen LogP contribution in [0.3, 0.4) is 0 Å². The third-order valence-corrected chi connectivity index (χ3v) is 4.19. The van der Waals surface area contributed by atoms with Crippen LogP contribution in [-0.4, -0.2) is 29.3 Å². The highest BCUT2D eigenvalue weighted by molar-refractivity contribution is 6.09. The van der Waals surface area contributed by atoms with Gasteiger partial charge in [-0.05, 0) is 45.4 Å². The Hall–Kier alpha value is -2.60. The predicted molar refractivity (Wildman–Crippen MR) is 96.0 cm³/mol. The highest BCUT2D eigenvalue weighted by atomic mass is 16.7. The normalized spacial score (nSPS) is 12.5. The molecule has 0 saturated carbocycles. The topological polar surface area (TPSA) is 73.4 Å². The molecule has 6 heteroatoms. The van der Waals surface area contributed by atoms with E-state index in [0.717, 1.165) is 32.9 Å². The molecule has 0 fully saturated rings. The van der Waals surface area contributed by atoms with E-state index < -0.39 is 6.16 Å². The molecule has 0 amide bonds. The van der Waals surface area contributed by atoms with Crippen molar-refractivity contribution >= 4 is 28.0 Å². The summed E-state index contributed by atoms with van der Waals surface area (Å²) in [6.45, 7) is 8.54. The van der Waals surface area contributed by atoms with Crippen molar-refractivity contribution in [3.63, 3.8) is 0 Å². The van der Waals surface area contributed by atoms with Crippen LogP contribution in [0.25, 0.3) is 21.8 Å². The summed E-state index contributed by atoms with van der Waals surface area (Å²) >= 11 is 0. The number of H-pyrrole nitrogens is 1. The second-order valence-corrected chi connectivity index (χ2v) is 5.79. The molecule has 0 aliphatic rings. The number of pyridine rings is 1. The van der Waals surface area contributed by atoms with Gasteiger partial charge in [0.1, 0.15) is 0 Å². The van der Waals surface area contributed by atoms with Gasteiger partial charge >= 0.3 is 6.16 Å². The Kier molecular flexibility index (Phi) is 4.90. The highest BCUT2D eigenvalue weighted by Gasteiger charge is 2.16. The van der Waals surface area contributed by atoms with Crippen molar-refractivity contribution < 1.29 is 19.0 Å². The number of aromatic amines is 1. The Morgan fingerprint density at radius 1 is 1.24 bits per heavy atom. The highest BCUT2D eigenvalue weighted by Crippen LogP contribution is 2.33. The van der Waals surface area contributed by atoms with Gasteiger partial charge in [-0.3, -0.25) is 0 Å². The number of benzene rings is 1. The second-order valence-electron chi connectivity index (χ2n) is 5.79. The summed E-state index contributed by atoms with van der Waals surface area (Å²) in [5.41, 5.74) is 3.78. The molecule has 0 saturated heterocycles. The number of ether oxygens (including phenoxy) is 3. The van der Waals surface area contributed by atoms with E-state index in [1.54, 1.807) is 13.1 Å². The van der Waals surface area contributed by atoms with E-state index in [4.69, 9.17) is 14.2 Å². The number of carbonyl (C=O) groups excluding carboxylic acids is 1. The number of aryl methyl sites for hydroxylation is 1. The van der Waals surface area contributed by atoms with E-state index in [1.807, 2.05) is 26.8 Å². The van der Waals surface area contributed by atoms with Gasteiger partial charge < -0.3 is 19.2 Å². The van der Waals surface area contributed by atoms with Crippen molar-refractivity contribution in [3.8, 4) is 5.88 Å². The number of rotatable bonds is 5. The summed E-state index contributed by atoms with van der Waals surface area (Å²) in [5.74, 6) is 0.259. The Labute approximate surface area is 146 Å². The van der Waals surface area contributed by atoms with Gasteiger partial charge in [0.05, 0.1) is 24.4 Å². The van der Waals surface area contributed by atoms with Gasteiger partial charge in [-0.25, -0.2) is 9.78 Å². The lowest BCUT2D eigenvalue weighted by Crippen LogP contribution is -2.11. The summed E-state index contributed by atoms with van der Waals surface area (Å²) in [7, 11) is 0. The minimum absolute atomic E-state index is 0.0109. The molecular weight excluding hydrogens is 320 g/mol. The number of nitrogens with one attached hydrogen (secondary N) is 1. The maximum absolute atomic E-state index is 11.6. The number of nitrogens with zero attached hydrogens (tertiary/aromatic N) is 1. The van der Waals surface area contributed by atoms with Crippen molar-refractivity contribution in [2.45, 2.75) is 33.8 Å². The lowest BCUT2D eigenvalue weighted by Gasteiger charge is -2.12. The first kappa shape index (κ1) is 17.2. The van der Waals surface area contributed by atoms with Crippen LogP contribution in [0.4, 0.5) is 4.79 Å².